The van der Waals surface area contributed by atoms with Crippen LogP contribution in [0.3, 0.4) is 0 Å². The molecule has 0 spiro atoms. The maximum atomic E-state index is 11.7. The largest absolute Gasteiger partial charge is 0.452 e. The monoisotopic (exact) mass is 292 g/mol. The molecule has 2 amide bonds. The molecule has 1 aromatic rings. The molecule has 0 unspecified atom stereocenters. The second-order valence-corrected chi connectivity index (χ2v) is 4.71. The first-order valence-electron chi connectivity index (χ1n) is 6.76. The van der Waals surface area contributed by atoms with Crippen LogP contribution in [-0.4, -0.2) is 30.4 Å². The van der Waals surface area contributed by atoms with E-state index in [0.29, 0.717) is 11.3 Å². The van der Waals surface area contributed by atoms with Gasteiger partial charge in [0.2, 0.25) is 5.91 Å². The van der Waals surface area contributed by atoms with Gasteiger partial charge in [0.15, 0.2) is 6.61 Å². The molecule has 114 valence electrons. The van der Waals surface area contributed by atoms with E-state index in [1.165, 1.54) is 19.1 Å². The number of carbonyl (C=O) groups is 3. The van der Waals surface area contributed by atoms with Gasteiger partial charge >= 0.3 is 5.97 Å². The van der Waals surface area contributed by atoms with Crippen molar-refractivity contribution in [1.82, 2.24) is 5.32 Å². The summed E-state index contributed by atoms with van der Waals surface area (Å²) in [6.07, 6.45) is 0.810. The number of ether oxygens (including phenoxy) is 1. The number of rotatable bonds is 6. The highest BCUT2D eigenvalue weighted by atomic mass is 16.5. The van der Waals surface area contributed by atoms with Crippen molar-refractivity contribution < 1.29 is 19.1 Å². The molecular formula is C15H20N2O4. The summed E-state index contributed by atoms with van der Waals surface area (Å²) in [5.41, 5.74) is 0.911. The van der Waals surface area contributed by atoms with Gasteiger partial charge in [-0.25, -0.2) is 4.79 Å². The summed E-state index contributed by atoms with van der Waals surface area (Å²) in [5, 5.41) is 5.30. The summed E-state index contributed by atoms with van der Waals surface area (Å²) >= 11 is 0. The summed E-state index contributed by atoms with van der Waals surface area (Å²) in [6.45, 7) is 4.92. The molecule has 1 aromatic carbocycles. The summed E-state index contributed by atoms with van der Waals surface area (Å²) in [5.74, 6) is -1.09. The van der Waals surface area contributed by atoms with E-state index in [2.05, 4.69) is 10.6 Å². The summed E-state index contributed by atoms with van der Waals surface area (Å²) in [7, 11) is 0. The maximum Gasteiger partial charge on any atom is 0.338 e. The van der Waals surface area contributed by atoms with E-state index in [-0.39, 0.29) is 24.5 Å². The van der Waals surface area contributed by atoms with E-state index in [0.717, 1.165) is 6.42 Å². The highest BCUT2D eigenvalue weighted by Crippen LogP contribution is 2.10. The van der Waals surface area contributed by atoms with E-state index in [1.807, 2.05) is 13.8 Å². The lowest BCUT2D eigenvalue weighted by molar-refractivity contribution is -0.124. The number of hydrogen-bond acceptors (Lipinski definition) is 4. The number of amides is 2. The maximum absolute atomic E-state index is 11.7. The van der Waals surface area contributed by atoms with Crippen molar-refractivity contribution in [3.63, 3.8) is 0 Å². The molecule has 21 heavy (non-hydrogen) atoms. The van der Waals surface area contributed by atoms with Crippen molar-refractivity contribution in [3.05, 3.63) is 29.8 Å². The van der Waals surface area contributed by atoms with Crippen molar-refractivity contribution >= 4 is 23.5 Å². The highest BCUT2D eigenvalue weighted by molar-refractivity contribution is 5.93. The molecule has 0 aliphatic rings. The van der Waals surface area contributed by atoms with Crippen LogP contribution in [0.1, 0.15) is 37.6 Å². The molecule has 6 heteroatoms. The molecular weight excluding hydrogens is 272 g/mol. The molecule has 0 saturated carbocycles. The second-order valence-electron chi connectivity index (χ2n) is 4.71. The minimum absolute atomic E-state index is 0.0492. The zero-order valence-electron chi connectivity index (χ0n) is 12.4. The van der Waals surface area contributed by atoms with Crippen molar-refractivity contribution in [3.8, 4) is 0 Å². The molecule has 2 N–H and O–H groups in total. The SMILES string of the molecule is CC[C@H](C)NC(=O)COC(=O)c1ccc(NC(C)=O)cc1. The van der Waals surface area contributed by atoms with Gasteiger partial charge in [0.1, 0.15) is 0 Å². The van der Waals surface area contributed by atoms with Crippen molar-refractivity contribution in [1.29, 1.82) is 0 Å². The first-order chi connectivity index (χ1) is 9.92. The fourth-order valence-electron chi connectivity index (χ4n) is 1.53. The van der Waals surface area contributed by atoms with E-state index in [4.69, 9.17) is 4.74 Å². The zero-order chi connectivity index (χ0) is 15.8. The van der Waals surface area contributed by atoms with Gasteiger partial charge in [-0.05, 0) is 37.6 Å². The lowest BCUT2D eigenvalue weighted by Crippen LogP contribution is -2.35. The first-order valence-corrected chi connectivity index (χ1v) is 6.76. The van der Waals surface area contributed by atoms with Crippen LogP contribution in [0.5, 0.6) is 0 Å². The Morgan fingerprint density at radius 3 is 2.33 bits per heavy atom. The van der Waals surface area contributed by atoms with Crippen LogP contribution in [0.4, 0.5) is 5.69 Å². The van der Waals surface area contributed by atoms with E-state index >= 15 is 0 Å². The average Bonchev–Trinajstić information content (AvgIpc) is 2.44. The number of hydrogen-bond donors (Lipinski definition) is 2. The number of esters is 1. The minimum atomic E-state index is -0.580. The zero-order valence-corrected chi connectivity index (χ0v) is 12.4. The van der Waals surface area contributed by atoms with Gasteiger partial charge in [0.25, 0.3) is 5.91 Å². The molecule has 1 atom stereocenters. The number of benzene rings is 1. The Hall–Kier alpha value is -2.37. The Morgan fingerprint density at radius 1 is 1.19 bits per heavy atom. The first kappa shape index (κ1) is 16.7. The quantitative estimate of drug-likeness (QED) is 0.782. The van der Waals surface area contributed by atoms with Gasteiger partial charge in [-0.1, -0.05) is 6.92 Å². The van der Waals surface area contributed by atoms with E-state index in [1.54, 1.807) is 12.1 Å². The lowest BCUT2D eigenvalue weighted by Gasteiger charge is -2.11. The molecule has 0 radical (unpaired) electrons. The lowest BCUT2D eigenvalue weighted by atomic mass is 10.2. The molecule has 0 fully saturated rings. The Bertz CT molecular complexity index is 511. The Labute approximate surface area is 123 Å². The molecule has 0 bridgehead atoms. The van der Waals surface area contributed by atoms with Crippen LogP contribution in [0.25, 0.3) is 0 Å². The predicted molar refractivity (Wildman–Crippen MR) is 78.9 cm³/mol. The number of anilines is 1. The van der Waals surface area contributed by atoms with Gasteiger partial charge in [0, 0.05) is 18.7 Å². The van der Waals surface area contributed by atoms with Gasteiger partial charge < -0.3 is 15.4 Å². The van der Waals surface area contributed by atoms with Crippen LogP contribution in [0, 0.1) is 0 Å². The Kier molecular flexibility index (Phi) is 6.39. The second kappa shape index (κ2) is 8.04. The Balaban J connectivity index is 2.48. The molecule has 0 heterocycles. The normalized spacial score (nSPS) is 11.4. The van der Waals surface area contributed by atoms with Gasteiger partial charge in [-0.3, -0.25) is 9.59 Å². The smallest absolute Gasteiger partial charge is 0.338 e. The van der Waals surface area contributed by atoms with Crippen LogP contribution in [0.15, 0.2) is 24.3 Å². The van der Waals surface area contributed by atoms with Gasteiger partial charge in [-0.15, -0.1) is 0 Å². The summed E-state index contributed by atoms with van der Waals surface area (Å²) in [6, 6.07) is 6.29. The topological polar surface area (TPSA) is 84.5 Å². The average molecular weight is 292 g/mol. The minimum Gasteiger partial charge on any atom is -0.452 e. The van der Waals surface area contributed by atoms with Gasteiger partial charge in [0.05, 0.1) is 5.56 Å². The summed E-state index contributed by atoms with van der Waals surface area (Å²) in [4.78, 5) is 34.1. The fourth-order valence-corrected chi connectivity index (χ4v) is 1.53. The van der Waals surface area contributed by atoms with Crippen LogP contribution in [-0.2, 0) is 14.3 Å². The number of nitrogens with one attached hydrogen (secondary N) is 2. The van der Waals surface area contributed by atoms with Gasteiger partial charge in [-0.2, -0.15) is 0 Å². The fraction of sp³-hybridized carbons (Fsp3) is 0.400. The third-order valence-corrected chi connectivity index (χ3v) is 2.80. The summed E-state index contributed by atoms with van der Waals surface area (Å²) < 4.78 is 4.92. The van der Waals surface area contributed by atoms with Crippen molar-refractivity contribution in [2.24, 2.45) is 0 Å². The molecule has 1 rings (SSSR count). The molecule has 0 aromatic heterocycles. The van der Waals surface area contributed by atoms with Crippen LogP contribution >= 0.6 is 0 Å². The highest BCUT2D eigenvalue weighted by Gasteiger charge is 2.11. The van der Waals surface area contributed by atoms with Crippen molar-refractivity contribution in [2.45, 2.75) is 33.2 Å². The predicted octanol–water partition coefficient (Wildman–Crippen LogP) is 1.72. The molecule has 0 aliphatic carbocycles. The third kappa shape index (κ3) is 6.07. The molecule has 6 nitrogen and oxygen atoms in total. The number of carbonyl (C=O) groups excluding carboxylic acids is 3. The molecule has 0 aliphatic heterocycles. The van der Waals surface area contributed by atoms with E-state index < -0.39 is 5.97 Å². The van der Waals surface area contributed by atoms with Crippen LogP contribution < -0.4 is 10.6 Å². The third-order valence-electron chi connectivity index (χ3n) is 2.80. The van der Waals surface area contributed by atoms with Crippen LogP contribution in [0.2, 0.25) is 0 Å². The molecule has 0 saturated heterocycles. The Morgan fingerprint density at radius 2 is 1.81 bits per heavy atom. The van der Waals surface area contributed by atoms with E-state index in [9.17, 15) is 14.4 Å². The van der Waals surface area contributed by atoms with Crippen molar-refractivity contribution in [2.75, 3.05) is 11.9 Å². The standard InChI is InChI=1S/C15H20N2O4/c1-4-10(2)16-14(19)9-21-15(20)12-5-7-13(8-6-12)17-11(3)18/h5-8,10H,4,9H2,1-3H3,(H,16,19)(H,17,18)/t10-/m0/s1.